The van der Waals surface area contributed by atoms with Crippen LogP contribution in [0.3, 0.4) is 0 Å². The minimum atomic E-state index is -0.404. The number of carbonyl (C=O) groups excluding carboxylic acids is 1. The van der Waals surface area contributed by atoms with Crippen molar-refractivity contribution in [3.63, 3.8) is 0 Å². The van der Waals surface area contributed by atoms with Crippen molar-refractivity contribution in [2.75, 3.05) is 7.11 Å². The highest BCUT2D eigenvalue weighted by Crippen LogP contribution is 2.17. The van der Waals surface area contributed by atoms with Crippen LogP contribution in [-0.4, -0.2) is 24.6 Å². The van der Waals surface area contributed by atoms with Crippen molar-refractivity contribution in [1.82, 2.24) is 0 Å². The number of rotatable bonds is 4. The summed E-state index contributed by atoms with van der Waals surface area (Å²) in [4.78, 5) is 10.5. The number of hydrogen-bond donors (Lipinski definition) is 1. The Morgan fingerprint density at radius 3 is 2.79 bits per heavy atom. The van der Waals surface area contributed by atoms with Gasteiger partial charge in [0, 0.05) is 13.5 Å². The summed E-state index contributed by atoms with van der Waals surface area (Å²) in [6.07, 6.45) is 0.927. The lowest BCUT2D eigenvalue weighted by molar-refractivity contribution is -0.116. The van der Waals surface area contributed by atoms with E-state index in [0.29, 0.717) is 6.42 Å². The molecule has 14 heavy (non-hydrogen) atoms. The molecule has 0 bridgehead atoms. The number of phenolic OH excluding ortho intramolecular Hbond substituents is 1. The number of hydrogen-bond acceptors (Lipinski definition) is 3. The summed E-state index contributed by atoms with van der Waals surface area (Å²) in [7, 11) is 1.51. The van der Waals surface area contributed by atoms with Gasteiger partial charge in [0.25, 0.3) is 0 Å². The summed E-state index contributed by atoms with van der Waals surface area (Å²) in [6, 6.07) is 5.09. The highest BCUT2D eigenvalue weighted by Gasteiger charge is 2.08. The molecule has 0 amide bonds. The molecule has 3 heteroatoms. The molecule has 1 aromatic carbocycles. The first-order valence-electron chi connectivity index (χ1n) is 4.44. The molecule has 0 aliphatic rings. The minimum Gasteiger partial charge on any atom is -0.508 e. The van der Waals surface area contributed by atoms with Gasteiger partial charge in [-0.15, -0.1) is 0 Å². The summed E-state index contributed by atoms with van der Waals surface area (Å²) in [6.45, 7) is 1.90. The minimum absolute atomic E-state index is 0.242. The molecular formula is C11H14O3. The molecule has 0 aliphatic heterocycles. The fourth-order valence-electron chi connectivity index (χ4n) is 1.31. The van der Waals surface area contributed by atoms with Gasteiger partial charge in [-0.3, -0.25) is 0 Å². The highest BCUT2D eigenvalue weighted by molar-refractivity contribution is 5.57. The lowest BCUT2D eigenvalue weighted by Crippen LogP contribution is -2.15. The second-order valence-corrected chi connectivity index (χ2v) is 3.23. The summed E-state index contributed by atoms with van der Waals surface area (Å²) in [5, 5.41) is 9.19. The standard InChI is InChI=1S/C11H14O3/c1-8-5-10(13)4-3-9(8)6-11(7-12)14-2/h3-5,7,11,13H,6H2,1-2H3. The second kappa shape index (κ2) is 4.77. The van der Waals surface area contributed by atoms with Crippen LogP contribution in [0.5, 0.6) is 5.75 Å². The molecule has 1 N–H and O–H groups in total. The number of carbonyl (C=O) groups is 1. The zero-order valence-corrected chi connectivity index (χ0v) is 8.36. The SMILES string of the molecule is COC(C=O)Cc1ccc(O)cc1C. The number of phenols is 1. The maximum Gasteiger partial charge on any atom is 0.149 e. The predicted octanol–water partition coefficient (Wildman–Crippen LogP) is 1.46. The van der Waals surface area contributed by atoms with Gasteiger partial charge in [0.15, 0.2) is 0 Å². The Morgan fingerprint density at radius 1 is 1.57 bits per heavy atom. The van der Waals surface area contributed by atoms with E-state index in [1.54, 1.807) is 18.2 Å². The van der Waals surface area contributed by atoms with E-state index in [1.165, 1.54) is 7.11 Å². The Kier molecular flexibility index (Phi) is 3.65. The van der Waals surface area contributed by atoms with E-state index in [0.717, 1.165) is 17.4 Å². The molecule has 0 aromatic heterocycles. The van der Waals surface area contributed by atoms with Gasteiger partial charge in [-0.2, -0.15) is 0 Å². The molecule has 0 fully saturated rings. The number of aryl methyl sites for hydroxylation is 1. The number of aromatic hydroxyl groups is 1. The average molecular weight is 194 g/mol. The van der Waals surface area contributed by atoms with Crippen molar-refractivity contribution in [2.45, 2.75) is 19.4 Å². The van der Waals surface area contributed by atoms with Crippen LogP contribution in [0.25, 0.3) is 0 Å². The summed E-state index contributed by atoms with van der Waals surface area (Å²) in [5.74, 6) is 0.242. The number of methoxy groups -OCH3 is 1. The van der Waals surface area contributed by atoms with Gasteiger partial charge >= 0.3 is 0 Å². The summed E-state index contributed by atoms with van der Waals surface area (Å²) < 4.78 is 4.96. The average Bonchev–Trinajstić information content (AvgIpc) is 2.17. The predicted molar refractivity (Wildman–Crippen MR) is 53.4 cm³/mol. The van der Waals surface area contributed by atoms with Crippen molar-refractivity contribution in [3.05, 3.63) is 29.3 Å². The molecule has 1 atom stereocenters. The van der Waals surface area contributed by atoms with E-state index in [4.69, 9.17) is 4.74 Å². The third kappa shape index (κ3) is 2.57. The van der Waals surface area contributed by atoms with E-state index in [-0.39, 0.29) is 5.75 Å². The molecule has 3 nitrogen and oxygen atoms in total. The van der Waals surface area contributed by atoms with Gasteiger partial charge in [0.05, 0.1) is 0 Å². The third-order valence-corrected chi connectivity index (χ3v) is 2.20. The lowest BCUT2D eigenvalue weighted by Gasteiger charge is -2.10. The van der Waals surface area contributed by atoms with Gasteiger partial charge in [-0.1, -0.05) is 6.07 Å². The van der Waals surface area contributed by atoms with Gasteiger partial charge < -0.3 is 14.6 Å². The molecule has 0 saturated heterocycles. The quantitative estimate of drug-likeness (QED) is 0.738. The lowest BCUT2D eigenvalue weighted by atomic mass is 10.0. The first-order valence-corrected chi connectivity index (χ1v) is 4.44. The Labute approximate surface area is 83.3 Å². The zero-order chi connectivity index (χ0) is 10.6. The van der Waals surface area contributed by atoms with E-state index >= 15 is 0 Å². The number of benzene rings is 1. The fraction of sp³-hybridized carbons (Fsp3) is 0.364. The molecule has 0 saturated carbocycles. The normalized spacial score (nSPS) is 12.4. The van der Waals surface area contributed by atoms with Gasteiger partial charge in [-0.25, -0.2) is 0 Å². The van der Waals surface area contributed by atoms with Crippen molar-refractivity contribution >= 4 is 6.29 Å². The Bertz CT molecular complexity index is 320. The first-order chi connectivity index (χ1) is 6.67. The Hall–Kier alpha value is -1.35. The summed E-state index contributed by atoms with van der Waals surface area (Å²) in [5.41, 5.74) is 1.98. The van der Waals surface area contributed by atoms with Crippen molar-refractivity contribution < 1.29 is 14.6 Å². The highest BCUT2D eigenvalue weighted by atomic mass is 16.5. The van der Waals surface area contributed by atoms with Crippen LogP contribution in [-0.2, 0) is 16.0 Å². The fourth-order valence-corrected chi connectivity index (χ4v) is 1.31. The molecule has 1 aromatic rings. The van der Waals surface area contributed by atoms with Crippen molar-refractivity contribution in [3.8, 4) is 5.75 Å². The summed E-state index contributed by atoms with van der Waals surface area (Å²) >= 11 is 0. The zero-order valence-electron chi connectivity index (χ0n) is 8.36. The van der Waals surface area contributed by atoms with Crippen LogP contribution in [0.1, 0.15) is 11.1 Å². The number of ether oxygens (including phenoxy) is 1. The maximum absolute atomic E-state index is 10.5. The van der Waals surface area contributed by atoms with Crippen LogP contribution < -0.4 is 0 Å². The maximum atomic E-state index is 10.5. The molecule has 0 aliphatic carbocycles. The van der Waals surface area contributed by atoms with Gasteiger partial charge in [0.1, 0.15) is 18.1 Å². The Morgan fingerprint density at radius 2 is 2.29 bits per heavy atom. The van der Waals surface area contributed by atoms with Crippen molar-refractivity contribution in [1.29, 1.82) is 0 Å². The molecular weight excluding hydrogens is 180 g/mol. The van der Waals surface area contributed by atoms with E-state index in [9.17, 15) is 9.90 Å². The van der Waals surface area contributed by atoms with Crippen LogP contribution in [0.15, 0.2) is 18.2 Å². The molecule has 1 rings (SSSR count). The molecule has 0 radical (unpaired) electrons. The first kappa shape index (κ1) is 10.7. The molecule has 0 heterocycles. The van der Waals surface area contributed by atoms with E-state index in [1.807, 2.05) is 6.92 Å². The third-order valence-electron chi connectivity index (χ3n) is 2.20. The van der Waals surface area contributed by atoms with Gasteiger partial charge in [0.2, 0.25) is 0 Å². The molecule has 1 unspecified atom stereocenters. The topological polar surface area (TPSA) is 46.5 Å². The number of aldehydes is 1. The smallest absolute Gasteiger partial charge is 0.149 e. The Balaban J connectivity index is 2.80. The van der Waals surface area contributed by atoms with Crippen LogP contribution in [0.2, 0.25) is 0 Å². The second-order valence-electron chi connectivity index (χ2n) is 3.23. The molecule has 76 valence electrons. The monoisotopic (exact) mass is 194 g/mol. The molecule has 0 spiro atoms. The van der Waals surface area contributed by atoms with Crippen LogP contribution in [0.4, 0.5) is 0 Å². The largest absolute Gasteiger partial charge is 0.508 e. The van der Waals surface area contributed by atoms with Crippen LogP contribution in [0, 0.1) is 6.92 Å². The van der Waals surface area contributed by atoms with E-state index < -0.39 is 6.10 Å². The van der Waals surface area contributed by atoms with Gasteiger partial charge in [-0.05, 0) is 30.2 Å². The van der Waals surface area contributed by atoms with E-state index in [2.05, 4.69) is 0 Å². The van der Waals surface area contributed by atoms with Crippen LogP contribution >= 0.6 is 0 Å². The van der Waals surface area contributed by atoms with Crippen molar-refractivity contribution in [2.24, 2.45) is 0 Å².